The lowest BCUT2D eigenvalue weighted by Gasteiger charge is -2.22. The summed E-state index contributed by atoms with van der Waals surface area (Å²) in [6.07, 6.45) is 2.30. The number of benzene rings is 2. The first-order chi connectivity index (χ1) is 16.5. The number of methoxy groups -OCH3 is 1. The van der Waals surface area contributed by atoms with Crippen LogP contribution < -0.4 is 20.1 Å². The molecule has 2 amide bonds. The van der Waals surface area contributed by atoms with E-state index in [1.807, 2.05) is 0 Å². The van der Waals surface area contributed by atoms with Crippen molar-refractivity contribution in [2.45, 2.75) is 32.2 Å². The summed E-state index contributed by atoms with van der Waals surface area (Å²) in [6.45, 7) is 2.70. The minimum absolute atomic E-state index is 0.0160. The number of fused-ring (bicyclic) bond motifs is 13. The molecule has 8 nitrogen and oxygen atoms in total. The van der Waals surface area contributed by atoms with Crippen LogP contribution in [0.3, 0.4) is 0 Å². The molecule has 0 radical (unpaired) electrons. The molecule has 2 aliphatic rings. The standard InChI is InChI=1S/C25H32FN3O5/c1-33-23-16-18-9-10-22(23)34-21-7-2-6-20(26)19(21)17-28-24(31)8-3-12-29(14-5-15-30)13-4-11-27-25(18)32/h2,6-7,9-10,16,30H,3-5,8,11-15,17H2,1H3,(H,27,32)(H,28,31). The fourth-order valence-electron chi connectivity index (χ4n) is 3.79. The van der Waals surface area contributed by atoms with Crippen LogP contribution in [0.5, 0.6) is 17.2 Å². The number of hydrogen-bond acceptors (Lipinski definition) is 6. The predicted molar refractivity (Wildman–Crippen MR) is 126 cm³/mol. The molecule has 0 spiro atoms. The molecule has 2 heterocycles. The van der Waals surface area contributed by atoms with Gasteiger partial charge in [-0.2, -0.15) is 0 Å². The molecular formula is C25H32FN3O5. The molecule has 0 aromatic heterocycles. The summed E-state index contributed by atoms with van der Waals surface area (Å²) in [5.74, 6) is 0.0155. The van der Waals surface area contributed by atoms with Crippen LogP contribution in [0.4, 0.5) is 4.39 Å². The molecule has 0 unspecified atom stereocenters. The van der Waals surface area contributed by atoms with Gasteiger partial charge in [0.05, 0.1) is 7.11 Å². The van der Waals surface area contributed by atoms with Crippen molar-refractivity contribution in [1.82, 2.24) is 15.5 Å². The van der Waals surface area contributed by atoms with Gasteiger partial charge in [-0.05, 0) is 62.7 Å². The number of ether oxygens (including phenoxy) is 2. The van der Waals surface area contributed by atoms with Gasteiger partial charge in [0.25, 0.3) is 5.91 Å². The maximum atomic E-state index is 14.6. The van der Waals surface area contributed by atoms with Crippen LogP contribution >= 0.6 is 0 Å². The van der Waals surface area contributed by atoms with Crippen LogP contribution in [0, 0.1) is 5.82 Å². The van der Waals surface area contributed by atoms with E-state index in [1.54, 1.807) is 24.3 Å². The fraction of sp³-hybridized carbons (Fsp3) is 0.440. The second-order valence-electron chi connectivity index (χ2n) is 8.09. The zero-order chi connectivity index (χ0) is 24.3. The number of carbonyl (C=O) groups excluding carboxylic acids is 2. The molecule has 34 heavy (non-hydrogen) atoms. The van der Waals surface area contributed by atoms with Crippen molar-refractivity contribution >= 4 is 11.8 Å². The number of nitrogens with one attached hydrogen (secondary N) is 2. The Bertz CT molecular complexity index is 985. The molecule has 2 bridgehead atoms. The summed E-state index contributed by atoms with van der Waals surface area (Å²) in [5.41, 5.74) is 0.646. The Balaban J connectivity index is 1.85. The van der Waals surface area contributed by atoms with E-state index in [0.29, 0.717) is 56.0 Å². The summed E-state index contributed by atoms with van der Waals surface area (Å²) >= 11 is 0. The lowest BCUT2D eigenvalue weighted by molar-refractivity contribution is -0.121. The van der Waals surface area contributed by atoms with Crippen LogP contribution in [0.2, 0.25) is 0 Å². The predicted octanol–water partition coefficient (Wildman–Crippen LogP) is 2.84. The summed E-state index contributed by atoms with van der Waals surface area (Å²) in [6, 6.07) is 9.26. The first kappa shape index (κ1) is 25.5. The second-order valence-corrected chi connectivity index (χ2v) is 8.09. The van der Waals surface area contributed by atoms with Gasteiger partial charge in [-0.25, -0.2) is 4.39 Å². The first-order valence-corrected chi connectivity index (χ1v) is 11.5. The smallest absolute Gasteiger partial charge is 0.251 e. The van der Waals surface area contributed by atoms with E-state index >= 15 is 0 Å². The minimum Gasteiger partial charge on any atom is -0.493 e. The van der Waals surface area contributed by atoms with Gasteiger partial charge in [-0.3, -0.25) is 9.59 Å². The topological polar surface area (TPSA) is 100 Å². The number of aliphatic hydroxyl groups excluding tert-OH is 1. The Hall–Kier alpha value is -3.17. The molecule has 0 fully saturated rings. The van der Waals surface area contributed by atoms with Crippen LogP contribution in [-0.4, -0.2) is 61.7 Å². The number of carbonyl (C=O) groups is 2. The molecule has 0 atom stereocenters. The van der Waals surface area contributed by atoms with Gasteiger partial charge in [0.2, 0.25) is 5.91 Å². The quantitative estimate of drug-likeness (QED) is 0.632. The third-order valence-electron chi connectivity index (χ3n) is 5.63. The molecule has 184 valence electrons. The summed E-state index contributed by atoms with van der Waals surface area (Å²) < 4.78 is 25.9. The number of nitrogens with zero attached hydrogens (tertiary/aromatic N) is 1. The molecule has 0 saturated heterocycles. The highest BCUT2D eigenvalue weighted by Gasteiger charge is 2.17. The van der Waals surface area contributed by atoms with Crippen molar-refractivity contribution in [2.75, 3.05) is 39.9 Å². The number of halogens is 1. The normalized spacial score (nSPS) is 16.3. The number of hydrogen-bond donors (Lipinski definition) is 3. The van der Waals surface area contributed by atoms with Crippen molar-refractivity contribution in [2.24, 2.45) is 0 Å². The molecular weight excluding hydrogens is 441 g/mol. The molecule has 0 saturated carbocycles. The lowest BCUT2D eigenvalue weighted by atomic mass is 10.1. The maximum absolute atomic E-state index is 14.6. The Labute approximate surface area is 199 Å². The fourth-order valence-corrected chi connectivity index (χ4v) is 3.79. The van der Waals surface area contributed by atoms with E-state index < -0.39 is 5.82 Å². The Kier molecular flexibility index (Phi) is 9.66. The lowest BCUT2D eigenvalue weighted by Crippen LogP contribution is -2.32. The van der Waals surface area contributed by atoms with Crippen molar-refractivity contribution < 1.29 is 28.6 Å². The van der Waals surface area contributed by atoms with Crippen LogP contribution in [0.15, 0.2) is 36.4 Å². The summed E-state index contributed by atoms with van der Waals surface area (Å²) in [7, 11) is 1.47. The zero-order valence-corrected chi connectivity index (χ0v) is 19.4. The average Bonchev–Trinajstić information content (AvgIpc) is 2.83. The number of rotatable bonds is 4. The molecule has 0 aliphatic carbocycles. The molecule has 2 aromatic carbocycles. The zero-order valence-electron chi connectivity index (χ0n) is 19.4. The van der Waals surface area contributed by atoms with E-state index in [0.717, 1.165) is 13.0 Å². The van der Waals surface area contributed by atoms with Gasteiger partial charge >= 0.3 is 0 Å². The Morgan fingerprint density at radius 1 is 1.12 bits per heavy atom. The largest absolute Gasteiger partial charge is 0.493 e. The molecule has 2 aromatic rings. The van der Waals surface area contributed by atoms with E-state index in [4.69, 9.17) is 9.47 Å². The molecule has 9 heteroatoms. The maximum Gasteiger partial charge on any atom is 0.251 e. The average molecular weight is 474 g/mol. The SMILES string of the molecule is COc1cc2ccc1Oc1cccc(F)c1CNC(=O)CCCN(CCCO)CCCNC2=O. The van der Waals surface area contributed by atoms with E-state index in [2.05, 4.69) is 15.5 Å². The van der Waals surface area contributed by atoms with Gasteiger partial charge < -0.3 is 30.1 Å². The van der Waals surface area contributed by atoms with Crippen LogP contribution in [-0.2, 0) is 11.3 Å². The second kappa shape index (κ2) is 12.9. The van der Waals surface area contributed by atoms with E-state index in [1.165, 1.54) is 19.2 Å². The van der Waals surface area contributed by atoms with Gasteiger partial charge in [0.15, 0.2) is 11.5 Å². The highest BCUT2D eigenvalue weighted by atomic mass is 19.1. The van der Waals surface area contributed by atoms with Crippen LogP contribution in [0.1, 0.15) is 41.6 Å². The van der Waals surface area contributed by atoms with Gasteiger partial charge in [-0.15, -0.1) is 0 Å². The highest BCUT2D eigenvalue weighted by molar-refractivity contribution is 5.94. The van der Waals surface area contributed by atoms with Gasteiger partial charge in [0.1, 0.15) is 11.6 Å². The third-order valence-corrected chi connectivity index (χ3v) is 5.63. The van der Waals surface area contributed by atoms with E-state index in [-0.39, 0.29) is 36.3 Å². The van der Waals surface area contributed by atoms with Crippen molar-refractivity contribution in [3.05, 3.63) is 53.3 Å². The van der Waals surface area contributed by atoms with E-state index in [9.17, 15) is 19.1 Å². The summed E-state index contributed by atoms with van der Waals surface area (Å²) in [5, 5.41) is 14.9. The van der Waals surface area contributed by atoms with Crippen LogP contribution in [0.25, 0.3) is 0 Å². The van der Waals surface area contributed by atoms with Gasteiger partial charge in [0, 0.05) is 43.8 Å². The summed E-state index contributed by atoms with van der Waals surface area (Å²) in [4.78, 5) is 27.2. The van der Waals surface area contributed by atoms with Gasteiger partial charge in [-0.1, -0.05) is 6.07 Å². The minimum atomic E-state index is -0.492. The van der Waals surface area contributed by atoms with Crippen molar-refractivity contribution in [1.29, 1.82) is 0 Å². The molecule has 3 N–H and O–H groups in total. The highest BCUT2D eigenvalue weighted by Crippen LogP contribution is 2.34. The Morgan fingerprint density at radius 2 is 1.94 bits per heavy atom. The van der Waals surface area contributed by atoms with Crippen molar-refractivity contribution in [3.8, 4) is 17.2 Å². The molecule has 4 rings (SSSR count). The monoisotopic (exact) mass is 473 g/mol. The first-order valence-electron chi connectivity index (χ1n) is 11.5. The third kappa shape index (κ3) is 7.16. The Morgan fingerprint density at radius 3 is 2.74 bits per heavy atom. The molecule has 2 aliphatic heterocycles. The number of amides is 2. The number of aliphatic hydroxyl groups is 1. The van der Waals surface area contributed by atoms with Crippen molar-refractivity contribution in [3.63, 3.8) is 0 Å².